The van der Waals surface area contributed by atoms with Gasteiger partial charge in [-0.15, -0.1) is 0 Å². The van der Waals surface area contributed by atoms with E-state index in [0.29, 0.717) is 11.6 Å². The van der Waals surface area contributed by atoms with Crippen LogP contribution in [0, 0.1) is 6.92 Å². The molecule has 0 aliphatic rings. The van der Waals surface area contributed by atoms with Gasteiger partial charge in [0.15, 0.2) is 0 Å². The van der Waals surface area contributed by atoms with E-state index in [2.05, 4.69) is 5.10 Å². The molecule has 2 rings (SSSR count). The zero-order chi connectivity index (χ0) is 14.8. The summed E-state index contributed by atoms with van der Waals surface area (Å²) in [7, 11) is 3.36. The molecule has 20 heavy (non-hydrogen) atoms. The Labute approximate surface area is 123 Å². The van der Waals surface area contributed by atoms with Gasteiger partial charge < -0.3 is 9.84 Å². The van der Waals surface area contributed by atoms with Crippen LogP contribution in [0.2, 0.25) is 5.15 Å². The average Bonchev–Trinajstić information content (AvgIpc) is 2.67. The van der Waals surface area contributed by atoms with Gasteiger partial charge >= 0.3 is 0 Å². The topological polar surface area (TPSA) is 47.3 Å². The van der Waals surface area contributed by atoms with Gasteiger partial charge in [0, 0.05) is 26.1 Å². The van der Waals surface area contributed by atoms with E-state index >= 15 is 0 Å². The monoisotopic (exact) mass is 294 g/mol. The number of aromatic nitrogens is 2. The second-order valence-corrected chi connectivity index (χ2v) is 5.34. The number of aryl methyl sites for hydroxylation is 2. The molecule has 0 fully saturated rings. The molecule has 1 aromatic heterocycles. The maximum absolute atomic E-state index is 11.0. The van der Waals surface area contributed by atoms with E-state index < -0.39 is 5.60 Å². The molecule has 0 bridgehead atoms. The summed E-state index contributed by atoms with van der Waals surface area (Å²) >= 11 is 6.26. The van der Waals surface area contributed by atoms with Crippen molar-refractivity contribution in [3.63, 3.8) is 0 Å². The summed E-state index contributed by atoms with van der Waals surface area (Å²) in [6, 6.07) is 9.48. The fraction of sp³-hybridized carbons (Fsp3) is 0.400. The fourth-order valence-electron chi connectivity index (χ4n) is 2.39. The molecule has 2 aromatic rings. The van der Waals surface area contributed by atoms with Crippen LogP contribution in [0.5, 0.6) is 0 Å². The van der Waals surface area contributed by atoms with E-state index in [1.54, 1.807) is 18.8 Å². The molecule has 1 N–H and O–H groups in total. The molecule has 0 saturated carbocycles. The molecule has 0 aliphatic heterocycles. The minimum atomic E-state index is -1.12. The maximum atomic E-state index is 11.0. The predicted octanol–water partition coefficient (Wildman–Crippen LogP) is 2.46. The van der Waals surface area contributed by atoms with Crippen molar-refractivity contribution in [2.45, 2.75) is 18.9 Å². The Balaban J connectivity index is 2.39. The molecule has 1 unspecified atom stereocenters. The highest BCUT2D eigenvalue weighted by molar-refractivity contribution is 6.30. The Bertz CT molecular complexity index is 583. The summed E-state index contributed by atoms with van der Waals surface area (Å²) in [5, 5.41) is 15.8. The van der Waals surface area contributed by atoms with Gasteiger partial charge in [0.1, 0.15) is 10.8 Å². The first-order valence-electron chi connectivity index (χ1n) is 6.43. The van der Waals surface area contributed by atoms with Crippen LogP contribution in [0.15, 0.2) is 30.3 Å². The summed E-state index contributed by atoms with van der Waals surface area (Å²) in [4.78, 5) is 0. The van der Waals surface area contributed by atoms with E-state index in [-0.39, 0.29) is 6.61 Å². The van der Waals surface area contributed by atoms with Gasteiger partial charge in [-0.25, -0.2) is 0 Å². The maximum Gasteiger partial charge on any atom is 0.130 e. The molecule has 1 atom stereocenters. The van der Waals surface area contributed by atoms with E-state index in [4.69, 9.17) is 16.3 Å². The second kappa shape index (κ2) is 5.95. The Morgan fingerprint density at radius 2 is 2.00 bits per heavy atom. The summed E-state index contributed by atoms with van der Waals surface area (Å²) in [6.45, 7) is 2.08. The molecule has 108 valence electrons. The third-order valence-corrected chi connectivity index (χ3v) is 3.91. The highest BCUT2D eigenvalue weighted by Crippen LogP contribution is 2.30. The smallest absolute Gasteiger partial charge is 0.130 e. The quantitative estimate of drug-likeness (QED) is 0.921. The molecule has 0 aliphatic carbocycles. The van der Waals surface area contributed by atoms with Crippen LogP contribution in [-0.2, 0) is 23.8 Å². The van der Waals surface area contributed by atoms with Crippen molar-refractivity contribution in [2.75, 3.05) is 13.7 Å². The molecular weight excluding hydrogens is 276 g/mol. The van der Waals surface area contributed by atoms with Crippen molar-refractivity contribution in [2.24, 2.45) is 7.05 Å². The molecular formula is C15H19ClN2O2. The zero-order valence-electron chi connectivity index (χ0n) is 11.9. The highest BCUT2D eigenvalue weighted by Gasteiger charge is 2.32. The number of methoxy groups -OCH3 is 1. The Morgan fingerprint density at radius 3 is 2.50 bits per heavy atom. The first-order chi connectivity index (χ1) is 9.48. The van der Waals surface area contributed by atoms with E-state index in [9.17, 15) is 5.11 Å². The lowest BCUT2D eigenvalue weighted by molar-refractivity contribution is -0.0356. The lowest BCUT2D eigenvalue weighted by Gasteiger charge is -2.28. The van der Waals surface area contributed by atoms with Crippen LogP contribution in [0.25, 0.3) is 0 Å². The summed E-state index contributed by atoms with van der Waals surface area (Å²) in [5.41, 5.74) is 1.36. The molecule has 5 heteroatoms. The number of ether oxygens (including phenoxy) is 1. The van der Waals surface area contributed by atoms with Gasteiger partial charge in [-0.2, -0.15) is 5.10 Å². The molecule has 0 amide bonds. The molecule has 1 aromatic carbocycles. The lowest BCUT2D eigenvalue weighted by Crippen LogP contribution is -2.34. The summed E-state index contributed by atoms with van der Waals surface area (Å²) < 4.78 is 6.82. The Morgan fingerprint density at radius 1 is 1.35 bits per heavy atom. The number of halogens is 1. The zero-order valence-corrected chi connectivity index (χ0v) is 12.7. The van der Waals surface area contributed by atoms with Crippen LogP contribution in [0.4, 0.5) is 0 Å². The fourth-order valence-corrected chi connectivity index (χ4v) is 2.63. The van der Waals surface area contributed by atoms with Crippen molar-refractivity contribution in [3.8, 4) is 0 Å². The minimum absolute atomic E-state index is 0.196. The largest absolute Gasteiger partial charge is 0.382 e. The number of hydrogen-bond donors (Lipinski definition) is 1. The van der Waals surface area contributed by atoms with Gasteiger partial charge in [-0.05, 0) is 12.5 Å². The highest BCUT2D eigenvalue weighted by atomic mass is 35.5. The molecule has 0 saturated heterocycles. The Hall–Kier alpha value is -1.36. The van der Waals surface area contributed by atoms with Gasteiger partial charge in [0.2, 0.25) is 0 Å². The van der Waals surface area contributed by atoms with Crippen LogP contribution in [-0.4, -0.2) is 28.6 Å². The SMILES string of the molecule is COCC(O)(Cc1c(C)nn(C)c1Cl)c1ccccc1. The minimum Gasteiger partial charge on any atom is -0.382 e. The van der Waals surface area contributed by atoms with Crippen LogP contribution < -0.4 is 0 Å². The Kier molecular flexibility index (Phi) is 4.48. The predicted molar refractivity (Wildman–Crippen MR) is 78.9 cm³/mol. The molecule has 0 spiro atoms. The standard InChI is InChI=1S/C15H19ClN2O2/c1-11-13(14(16)18(2)17-11)9-15(19,10-20-3)12-7-5-4-6-8-12/h4-8,19H,9-10H2,1-3H3. The van der Waals surface area contributed by atoms with Gasteiger partial charge in [0.05, 0.1) is 12.3 Å². The van der Waals surface area contributed by atoms with Crippen molar-refractivity contribution >= 4 is 11.6 Å². The van der Waals surface area contributed by atoms with Crippen LogP contribution in [0.1, 0.15) is 16.8 Å². The molecule has 0 radical (unpaired) electrons. The van der Waals surface area contributed by atoms with Crippen molar-refractivity contribution in [3.05, 3.63) is 52.3 Å². The summed E-state index contributed by atoms with van der Waals surface area (Å²) in [6.07, 6.45) is 0.364. The lowest BCUT2D eigenvalue weighted by atomic mass is 9.88. The third kappa shape index (κ3) is 2.87. The van der Waals surface area contributed by atoms with Gasteiger partial charge in [0.25, 0.3) is 0 Å². The first-order valence-corrected chi connectivity index (χ1v) is 6.80. The normalized spacial score (nSPS) is 14.2. The number of rotatable bonds is 5. The second-order valence-electron chi connectivity index (χ2n) is 4.99. The van der Waals surface area contributed by atoms with Crippen molar-refractivity contribution in [1.29, 1.82) is 0 Å². The number of hydrogen-bond acceptors (Lipinski definition) is 3. The average molecular weight is 295 g/mol. The van der Waals surface area contributed by atoms with Gasteiger partial charge in [-0.3, -0.25) is 4.68 Å². The summed E-state index contributed by atoms with van der Waals surface area (Å²) in [5.74, 6) is 0. The van der Waals surface area contributed by atoms with E-state index in [1.165, 1.54) is 0 Å². The van der Waals surface area contributed by atoms with Crippen LogP contribution in [0.3, 0.4) is 0 Å². The van der Waals surface area contributed by atoms with Crippen molar-refractivity contribution in [1.82, 2.24) is 9.78 Å². The van der Waals surface area contributed by atoms with Crippen molar-refractivity contribution < 1.29 is 9.84 Å². The molecule has 1 heterocycles. The van der Waals surface area contributed by atoms with E-state index in [0.717, 1.165) is 16.8 Å². The molecule has 4 nitrogen and oxygen atoms in total. The van der Waals surface area contributed by atoms with E-state index in [1.807, 2.05) is 37.3 Å². The number of benzene rings is 1. The number of nitrogens with zero attached hydrogens (tertiary/aromatic N) is 2. The first kappa shape index (κ1) is 15.0. The third-order valence-electron chi connectivity index (χ3n) is 3.43. The van der Waals surface area contributed by atoms with Crippen LogP contribution >= 0.6 is 11.6 Å². The van der Waals surface area contributed by atoms with Gasteiger partial charge in [-0.1, -0.05) is 41.9 Å². The number of aliphatic hydroxyl groups is 1.